The standard InChI is InChI=1S/C12H14O4/c1-3-16-12(15)7-10-9(8(2)13)5-4-6-11(10)14/h4-6,14H,3,7H2,1-2H3. The SMILES string of the molecule is CCOC(=O)Cc1c(O)cccc1C(C)=O. The van der Waals surface area contributed by atoms with E-state index in [2.05, 4.69) is 0 Å². The average molecular weight is 222 g/mol. The van der Waals surface area contributed by atoms with Crippen LogP contribution in [0.4, 0.5) is 0 Å². The first-order valence-electron chi connectivity index (χ1n) is 5.03. The summed E-state index contributed by atoms with van der Waals surface area (Å²) in [5.41, 5.74) is 0.682. The molecule has 0 amide bonds. The van der Waals surface area contributed by atoms with Gasteiger partial charge in [0, 0.05) is 11.1 Å². The molecule has 0 aliphatic rings. The number of Topliss-reactive ketones (excluding diaryl/α,β-unsaturated/α-hetero) is 1. The van der Waals surface area contributed by atoms with Crippen LogP contribution in [0.5, 0.6) is 5.75 Å². The Bertz CT molecular complexity index is 409. The maximum atomic E-state index is 11.3. The van der Waals surface area contributed by atoms with Crippen molar-refractivity contribution in [1.82, 2.24) is 0 Å². The number of rotatable bonds is 4. The molecule has 0 aromatic heterocycles. The van der Waals surface area contributed by atoms with Crippen molar-refractivity contribution in [3.63, 3.8) is 0 Å². The Balaban J connectivity index is 3.01. The summed E-state index contributed by atoms with van der Waals surface area (Å²) < 4.78 is 4.77. The third-order valence-corrected chi connectivity index (χ3v) is 2.16. The molecule has 0 fully saturated rings. The second-order valence-electron chi connectivity index (χ2n) is 3.34. The van der Waals surface area contributed by atoms with Crippen LogP contribution in [0.3, 0.4) is 0 Å². The van der Waals surface area contributed by atoms with Crippen molar-refractivity contribution in [2.45, 2.75) is 20.3 Å². The van der Waals surface area contributed by atoms with Crippen molar-refractivity contribution < 1.29 is 19.4 Å². The zero-order chi connectivity index (χ0) is 12.1. The number of hydrogen-bond donors (Lipinski definition) is 1. The molecular formula is C12H14O4. The number of benzene rings is 1. The van der Waals surface area contributed by atoms with E-state index in [9.17, 15) is 14.7 Å². The van der Waals surface area contributed by atoms with Crippen LogP contribution < -0.4 is 0 Å². The van der Waals surface area contributed by atoms with Gasteiger partial charge >= 0.3 is 5.97 Å². The van der Waals surface area contributed by atoms with Gasteiger partial charge in [-0.25, -0.2) is 0 Å². The maximum absolute atomic E-state index is 11.3. The van der Waals surface area contributed by atoms with Crippen LogP contribution in [0.15, 0.2) is 18.2 Å². The van der Waals surface area contributed by atoms with Crippen LogP contribution in [0, 0.1) is 0 Å². The molecule has 0 saturated carbocycles. The molecule has 0 unspecified atom stereocenters. The van der Waals surface area contributed by atoms with Crippen molar-refractivity contribution in [2.75, 3.05) is 6.61 Å². The molecule has 0 aliphatic heterocycles. The third kappa shape index (κ3) is 2.82. The van der Waals surface area contributed by atoms with Crippen molar-refractivity contribution in [3.8, 4) is 5.75 Å². The Morgan fingerprint density at radius 2 is 2.06 bits per heavy atom. The van der Waals surface area contributed by atoms with Gasteiger partial charge in [-0.15, -0.1) is 0 Å². The fraction of sp³-hybridized carbons (Fsp3) is 0.333. The monoisotopic (exact) mass is 222 g/mol. The summed E-state index contributed by atoms with van der Waals surface area (Å²) in [6.07, 6.45) is -0.0879. The lowest BCUT2D eigenvalue weighted by Gasteiger charge is -2.08. The van der Waals surface area contributed by atoms with Crippen LogP contribution >= 0.6 is 0 Å². The van der Waals surface area contributed by atoms with Gasteiger partial charge < -0.3 is 9.84 Å². The van der Waals surface area contributed by atoms with Gasteiger partial charge in [-0.1, -0.05) is 12.1 Å². The minimum Gasteiger partial charge on any atom is -0.508 e. The van der Waals surface area contributed by atoms with E-state index in [1.54, 1.807) is 19.1 Å². The Labute approximate surface area is 93.9 Å². The Morgan fingerprint density at radius 3 is 2.62 bits per heavy atom. The highest BCUT2D eigenvalue weighted by Gasteiger charge is 2.15. The first kappa shape index (κ1) is 12.2. The molecule has 1 aromatic rings. The molecule has 1 N–H and O–H groups in total. The number of phenols is 1. The topological polar surface area (TPSA) is 63.6 Å². The summed E-state index contributed by atoms with van der Waals surface area (Å²) in [5.74, 6) is -0.692. The lowest BCUT2D eigenvalue weighted by Crippen LogP contribution is -2.10. The molecule has 16 heavy (non-hydrogen) atoms. The van der Waals surface area contributed by atoms with Crippen molar-refractivity contribution >= 4 is 11.8 Å². The predicted molar refractivity (Wildman–Crippen MR) is 58.4 cm³/mol. The number of phenolic OH excluding ortho intramolecular Hbond substituents is 1. The van der Waals surface area contributed by atoms with Gasteiger partial charge in [0.2, 0.25) is 0 Å². The van der Waals surface area contributed by atoms with Gasteiger partial charge in [0.25, 0.3) is 0 Å². The second kappa shape index (κ2) is 5.30. The lowest BCUT2D eigenvalue weighted by molar-refractivity contribution is -0.142. The minimum atomic E-state index is -0.452. The zero-order valence-corrected chi connectivity index (χ0v) is 9.32. The van der Waals surface area contributed by atoms with E-state index in [1.807, 2.05) is 0 Å². The van der Waals surface area contributed by atoms with E-state index >= 15 is 0 Å². The van der Waals surface area contributed by atoms with Crippen LogP contribution in [0.2, 0.25) is 0 Å². The Hall–Kier alpha value is -1.84. The van der Waals surface area contributed by atoms with Crippen LogP contribution in [0.25, 0.3) is 0 Å². The number of hydrogen-bond acceptors (Lipinski definition) is 4. The van der Waals surface area contributed by atoms with Gasteiger partial charge in [-0.3, -0.25) is 9.59 Å². The van der Waals surface area contributed by atoms with E-state index in [0.717, 1.165) is 0 Å². The number of esters is 1. The highest BCUT2D eigenvalue weighted by atomic mass is 16.5. The van der Waals surface area contributed by atoms with Crippen LogP contribution in [-0.4, -0.2) is 23.5 Å². The molecule has 0 radical (unpaired) electrons. The molecule has 4 heteroatoms. The molecule has 1 aromatic carbocycles. The molecule has 0 aliphatic carbocycles. The zero-order valence-electron chi connectivity index (χ0n) is 9.32. The quantitative estimate of drug-likeness (QED) is 0.622. The number of ketones is 1. The fourth-order valence-corrected chi connectivity index (χ4v) is 1.45. The first-order chi connectivity index (χ1) is 7.56. The molecule has 0 heterocycles. The number of aromatic hydroxyl groups is 1. The van der Waals surface area contributed by atoms with Gasteiger partial charge in [0.1, 0.15) is 5.75 Å². The Morgan fingerprint density at radius 1 is 1.38 bits per heavy atom. The third-order valence-electron chi connectivity index (χ3n) is 2.16. The minimum absolute atomic E-state index is 0.0549. The predicted octanol–water partition coefficient (Wildman–Crippen LogP) is 1.70. The summed E-state index contributed by atoms with van der Waals surface area (Å²) in [6.45, 7) is 3.37. The Kier molecular flexibility index (Phi) is 4.05. The maximum Gasteiger partial charge on any atom is 0.310 e. The van der Waals surface area contributed by atoms with E-state index in [4.69, 9.17) is 4.74 Å². The molecule has 0 spiro atoms. The summed E-state index contributed by atoms with van der Waals surface area (Å²) >= 11 is 0. The molecule has 0 bridgehead atoms. The highest BCUT2D eigenvalue weighted by molar-refractivity contribution is 5.97. The average Bonchev–Trinajstić information content (AvgIpc) is 2.21. The van der Waals surface area contributed by atoms with E-state index < -0.39 is 5.97 Å². The summed E-state index contributed by atoms with van der Waals surface area (Å²) in [4.78, 5) is 22.6. The van der Waals surface area contributed by atoms with E-state index in [1.165, 1.54) is 13.0 Å². The molecule has 86 valence electrons. The summed E-state index contributed by atoms with van der Waals surface area (Å²) in [6, 6.07) is 4.60. The van der Waals surface area contributed by atoms with Gasteiger partial charge in [0.05, 0.1) is 13.0 Å². The largest absolute Gasteiger partial charge is 0.508 e. The number of carbonyl (C=O) groups is 2. The fourth-order valence-electron chi connectivity index (χ4n) is 1.45. The van der Waals surface area contributed by atoms with Crippen molar-refractivity contribution in [2.24, 2.45) is 0 Å². The molecule has 0 saturated heterocycles. The smallest absolute Gasteiger partial charge is 0.310 e. The van der Waals surface area contributed by atoms with Gasteiger partial charge in [-0.2, -0.15) is 0 Å². The van der Waals surface area contributed by atoms with Crippen LogP contribution in [0.1, 0.15) is 29.8 Å². The van der Waals surface area contributed by atoms with E-state index in [0.29, 0.717) is 11.1 Å². The van der Waals surface area contributed by atoms with Crippen LogP contribution in [-0.2, 0) is 16.0 Å². The molecule has 4 nitrogen and oxygen atoms in total. The highest BCUT2D eigenvalue weighted by Crippen LogP contribution is 2.22. The number of ether oxygens (including phenoxy) is 1. The molecule has 0 atom stereocenters. The van der Waals surface area contributed by atoms with E-state index in [-0.39, 0.29) is 24.6 Å². The van der Waals surface area contributed by atoms with Crippen molar-refractivity contribution in [1.29, 1.82) is 0 Å². The summed E-state index contributed by atoms with van der Waals surface area (Å²) in [7, 11) is 0. The van der Waals surface area contributed by atoms with Gasteiger partial charge in [0.15, 0.2) is 5.78 Å². The molecular weight excluding hydrogens is 208 g/mol. The lowest BCUT2D eigenvalue weighted by atomic mass is 10.0. The van der Waals surface area contributed by atoms with Crippen molar-refractivity contribution in [3.05, 3.63) is 29.3 Å². The molecule has 1 rings (SSSR count). The summed E-state index contributed by atoms with van der Waals surface area (Å²) in [5, 5.41) is 9.60. The number of carbonyl (C=O) groups excluding carboxylic acids is 2. The van der Waals surface area contributed by atoms with Gasteiger partial charge in [-0.05, 0) is 19.9 Å². The first-order valence-corrected chi connectivity index (χ1v) is 5.03. The second-order valence-corrected chi connectivity index (χ2v) is 3.34. The normalized spacial score (nSPS) is 9.88.